The number of carbonyl (C=O) groups excluding carboxylic acids is 1. The molecule has 1 fully saturated rings. The fourth-order valence-electron chi connectivity index (χ4n) is 2.47. The highest BCUT2D eigenvalue weighted by atomic mass is 16.4. The van der Waals surface area contributed by atoms with E-state index in [1.54, 1.807) is 13.8 Å². The van der Waals surface area contributed by atoms with E-state index in [1.807, 2.05) is 0 Å². The van der Waals surface area contributed by atoms with Gasteiger partial charge in [0, 0.05) is 13.1 Å². The molecule has 0 aromatic carbocycles. The maximum atomic E-state index is 11.8. The molecule has 1 aliphatic rings. The zero-order valence-corrected chi connectivity index (χ0v) is 12.0. The lowest BCUT2D eigenvalue weighted by atomic mass is 9.93. The van der Waals surface area contributed by atoms with Gasteiger partial charge in [-0.15, -0.1) is 0 Å². The Morgan fingerprint density at radius 3 is 2.42 bits per heavy atom. The van der Waals surface area contributed by atoms with Crippen LogP contribution in [0.15, 0.2) is 0 Å². The molecular weight excluding hydrogens is 246 g/mol. The summed E-state index contributed by atoms with van der Waals surface area (Å²) in [6.07, 6.45) is 1.82. The van der Waals surface area contributed by atoms with Gasteiger partial charge in [-0.25, -0.2) is 9.59 Å². The Hall–Kier alpha value is -1.30. The molecule has 0 spiro atoms. The van der Waals surface area contributed by atoms with Crippen molar-refractivity contribution in [1.82, 2.24) is 15.5 Å². The minimum Gasteiger partial charge on any atom is -0.480 e. The fraction of sp³-hybridized carbons (Fsp3) is 0.846. The maximum Gasteiger partial charge on any atom is 0.329 e. The van der Waals surface area contributed by atoms with Crippen LogP contribution in [0.5, 0.6) is 0 Å². The van der Waals surface area contributed by atoms with Crippen LogP contribution in [0.25, 0.3) is 0 Å². The molecule has 3 N–H and O–H groups in total. The van der Waals surface area contributed by atoms with Crippen molar-refractivity contribution in [3.05, 3.63) is 0 Å². The predicted molar refractivity (Wildman–Crippen MR) is 73.1 cm³/mol. The van der Waals surface area contributed by atoms with Crippen LogP contribution in [0.3, 0.4) is 0 Å². The van der Waals surface area contributed by atoms with Gasteiger partial charge in [0.1, 0.15) is 5.54 Å². The molecule has 1 unspecified atom stereocenters. The SMILES string of the molecule is CCC(CC)(NC(=O)NCC1CCN(C)C1)C(=O)O. The summed E-state index contributed by atoms with van der Waals surface area (Å²) < 4.78 is 0. The van der Waals surface area contributed by atoms with Crippen LogP contribution in [0.2, 0.25) is 0 Å². The predicted octanol–water partition coefficient (Wildman–Crippen LogP) is 0.881. The largest absolute Gasteiger partial charge is 0.480 e. The number of likely N-dealkylation sites (tertiary alicyclic amines) is 1. The van der Waals surface area contributed by atoms with E-state index in [0.717, 1.165) is 19.5 Å². The van der Waals surface area contributed by atoms with Crippen LogP contribution in [0.1, 0.15) is 33.1 Å². The molecule has 6 nitrogen and oxygen atoms in total. The number of carboxylic acids is 1. The molecule has 110 valence electrons. The lowest BCUT2D eigenvalue weighted by molar-refractivity contribution is -0.144. The summed E-state index contributed by atoms with van der Waals surface area (Å²) in [4.78, 5) is 25.3. The summed E-state index contributed by atoms with van der Waals surface area (Å²) in [5.74, 6) is -0.522. The number of urea groups is 1. The van der Waals surface area contributed by atoms with Crippen molar-refractivity contribution in [2.45, 2.75) is 38.6 Å². The van der Waals surface area contributed by atoms with E-state index < -0.39 is 11.5 Å². The van der Waals surface area contributed by atoms with Crippen LogP contribution in [-0.4, -0.2) is 54.2 Å². The van der Waals surface area contributed by atoms with Crippen LogP contribution in [0, 0.1) is 5.92 Å². The molecule has 0 saturated carbocycles. The first kappa shape index (κ1) is 15.8. The molecule has 1 atom stereocenters. The number of nitrogens with one attached hydrogen (secondary N) is 2. The first-order chi connectivity index (χ1) is 8.93. The number of aliphatic carboxylic acids is 1. The third-order valence-electron chi connectivity index (χ3n) is 4.01. The van der Waals surface area contributed by atoms with E-state index >= 15 is 0 Å². The van der Waals surface area contributed by atoms with E-state index in [4.69, 9.17) is 0 Å². The second-order valence-electron chi connectivity index (χ2n) is 5.35. The summed E-state index contributed by atoms with van der Waals surface area (Å²) in [5, 5.41) is 14.6. The van der Waals surface area contributed by atoms with E-state index in [2.05, 4.69) is 22.6 Å². The molecule has 1 aliphatic heterocycles. The molecule has 1 saturated heterocycles. The Morgan fingerprint density at radius 2 is 2.00 bits per heavy atom. The molecular formula is C13H25N3O3. The van der Waals surface area contributed by atoms with Gasteiger partial charge >= 0.3 is 12.0 Å². The van der Waals surface area contributed by atoms with Crippen molar-refractivity contribution in [3.8, 4) is 0 Å². The molecule has 0 aromatic rings. The zero-order valence-electron chi connectivity index (χ0n) is 12.0. The minimum atomic E-state index is -1.16. The molecule has 1 rings (SSSR count). The molecule has 0 aliphatic carbocycles. The van der Waals surface area contributed by atoms with Gasteiger partial charge in [0.05, 0.1) is 0 Å². The average molecular weight is 271 g/mol. The Morgan fingerprint density at radius 1 is 1.37 bits per heavy atom. The third-order valence-corrected chi connectivity index (χ3v) is 4.01. The normalized spacial score (nSPS) is 20.3. The number of carboxylic acid groups (broad SMARTS) is 1. The summed E-state index contributed by atoms with van der Waals surface area (Å²) in [6.45, 7) is 6.16. The Balaban J connectivity index is 2.43. The number of carbonyl (C=O) groups is 2. The minimum absolute atomic E-state index is 0.373. The van der Waals surface area contributed by atoms with Gasteiger partial charge in [0.2, 0.25) is 0 Å². The van der Waals surface area contributed by atoms with Gasteiger partial charge in [-0.3, -0.25) is 0 Å². The quantitative estimate of drug-likeness (QED) is 0.670. The molecule has 1 heterocycles. The van der Waals surface area contributed by atoms with Gasteiger partial charge in [-0.1, -0.05) is 13.8 Å². The lowest BCUT2D eigenvalue weighted by Crippen LogP contribution is -2.56. The topological polar surface area (TPSA) is 81.7 Å². The standard InChI is InChI=1S/C13H25N3O3/c1-4-13(5-2,11(17)18)15-12(19)14-8-10-6-7-16(3)9-10/h10H,4-9H2,1-3H3,(H,17,18)(H2,14,15,19). The van der Waals surface area contributed by atoms with Crippen molar-refractivity contribution in [3.63, 3.8) is 0 Å². The number of hydrogen-bond donors (Lipinski definition) is 3. The van der Waals surface area contributed by atoms with Crippen LogP contribution >= 0.6 is 0 Å². The number of amides is 2. The fourth-order valence-corrected chi connectivity index (χ4v) is 2.47. The van der Waals surface area contributed by atoms with Crippen molar-refractivity contribution in [2.75, 3.05) is 26.7 Å². The van der Waals surface area contributed by atoms with Gasteiger partial charge in [-0.2, -0.15) is 0 Å². The van der Waals surface area contributed by atoms with Gasteiger partial charge in [-0.05, 0) is 38.8 Å². The van der Waals surface area contributed by atoms with Crippen LogP contribution in [-0.2, 0) is 4.79 Å². The summed E-state index contributed by atoms with van der Waals surface area (Å²) in [7, 11) is 2.06. The van der Waals surface area contributed by atoms with Crippen LogP contribution < -0.4 is 10.6 Å². The van der Waals surface area contributed by atoms with E-state index in [-0.39, 0.29) is 6.03 Å². The molecule has 2 amide bonds. The van der Waals surface area contributed by atoms with E-state index in [1.165, 1.54) is 0 Å². The number of hydrogen-bond acceptors (Lipinski definition) is 3. The molecule has 6 heteroatoms. The first-order valence-corrected chi connectivity index (χ1v) is 6.91. The van der Waals surface area contributed by atoms with Gasteiger partial charge in [0.15, 0.2) is 0 Å². The molecule has 19 heavy (non-hydrogen) atoms. The van der Waals surface area contributed by atoms with Gasteiger partial charge in [0.25, 0.3) is 0 Å². The highest BCUT2D eigenvalue weighted by molar-refractivity contribution is 5.86. The molecule has 0 radical (unpaired) electrons. The van der Waals surface area contributed by atoms with E-state index in [9.17, 15) is 14.7 Å². The maximum absolute atomic E-state index is 11.8. The van der Waals surface area contributed by atoms with Crippen LogP contribution in [0.4, 0.5) is 4.79 Å². The number of rotatable bonds is 6. The van der Waals surface area contributed by atoms with Crippen molar-refractivity contribution in [1.29, 1.82) is 0 Å². The van der Waals surface area contributed by atoms with Gasteiger partial charge < -0.3 is 20.6 Å². The van der Waals surface area contributed by atoms with Crippen molar-refractivity contribution in [2.24, 2.45) is 5.92 Å². The highest BCUT2D eigenvalue weighted by Crippen LogP contribution is 2.16. The average Bonchev–Trinajstić information content (AvgIpc) is 2.79. The summed E-state index contributed by atoms with van der Waals surface area (Å²) in [5.41, 5.74) is -1.16. The summed E-state index contributed by atoms with van der Waals surface area (Å²) in [6, 6.07) is -0.388. The monoisotopic (exact) mass is 271 g/mol. The molecule has 0 bridgehead atoms. The number of nitrogens with zero attached hydrogens (tertiary/aromatic N) is 1. The second-order valence-corrected chi connectivity index (χ2v) is 5.35. The third kappa shape index (κ3) is 4.09. The Labute approximate surface area is 114 Å². The molecule has 0 aromatic heterocycles. The Kier molecular flexibility index (Phi) is 5.60. The Bertz CT molecular complexity index is 329. The van der Waals surface area contributed by atoms with E-state index in [0.29, 0.717) is 25.3 Å². The smallest absolute Gasteiger partial charge is 0.329 e. The van der Waals surface area contributed by atoms with Crippen molar-refractivity contribution < 1.29 is 14.7 Å². The first-order valence-electron chi connectivity index (χ1n) is 6.91. The highest BCUT2D eigenvalue weighted by Gasteiger charge is 2.36. The second kappa shape index (κ2) is 6.75. The van der Waals surface area contributed by atoms with Crippen molar-refractivity contribution >= 4 is 12.0 Å². The summed E-state index contributed by atoms with van der Waals surface area (Å²) >= 11 is 0. The zero-order chi connectivity index (χ0) is 14.5. The lowest BCUT2D eigenvalue weighted by Gasteiger charge is -2.28.